The van der Waals surface area contributed by atoms with Crippen LogP contribution in [0.25, 0.3) is 33.1 Å². The Bertz CT molecular complexity index is 3630. The van der Waals surface area contributed by atoms with Crippen LogP contribution in [0.4, 0.5) is 51.2 Å². The number of hydrogen-bond acceptors (Lipinski definition) is 4. The Balaban J connectivity index is 1.18. The number of anilines is 9. The second-order valence-corrected chi connectivity index (χ2v) is 25.2. The summed E-state index contributed by atoms with van der Waals surface area (Å²) in [6.07, 6.45) is 0. The van der Waals surface area contributed by atoms with Crippen LogP contribution in [-0.2, 0) is 21.7 Å². The Labute approximate surface area is 445 Å². The van der Waals surface area contributed by atoms with Gasteiger partial charge in [0, 0.05) is 56.1 Å². The summed E-state index contributed by atoms with van der Waals surface area (Å²) in [5, 5.41) is 3.46. The van der Waals surface area contributed by atoms with Crippen molar-refractivity contribution in [3.63, 3.8) is 0 Å². The van der Waals surface area contributed by atoms with Crippen LogP contribution in [0.5, 0.6) is 0 Å². The van der Waals surface area contributed by atoms with Crippen molar-refractivity contribution in [3.8, 4) is 11.3 Å². The smallest absolute Gasteiger partial charge is 0.252 e. The van der Waals surface area contributed by atoms with Crippen molar-refractivity contribution < 1.29 is 4.42 Å². The van der Waals surface area contributed by atoms with Gasteiger partial charge < -0.3 is 19.1 Å². The third-order valence-electron chi connectivity index (χ3n) is 15.9. The molecule has 10 aromatic rings. The van der Waals surface area contributed by atoms with Crippen molar-refractivity contribution in [3.05, 3.63) is 216 Å². The van der Waals surface area contributed by atoms with E-state index in [1.165, 1.54) is 72.2 Å². The molecule has 372 valence electrons. The molecule has 1 aromatic heterocycles. The molecule has 0 bridgehead atoms. The monoisotopic (exact) mass is 978 g/mol. The molecule has 0 fully saturated rings. The van der Waals surface area contributed by atoms with Crippen LogP contribution in [0.1, 0.15) is 105 Å². The lowest BCUT2D eigenvalue weighted by atomic mass is 9.33. The van der Waals surface area contributed by atoms with Crippen LogP contribution in [0.2, 0.25) is 0 Å². The summed E-state index contributed by atoms with van der Waals surface area (Å²) < 4.78 is 6.43. The maximum absolute atomic E-state index is 6.43. The summed E-state index contributed by atoms with van der Waals surface area (Å²) in [7, 11) is 0. The van der Waals surface area contributed by atoms with Gasteiger partial charge in [0.05, 0.1) is 11.4 Å². The van der Waals surface area contributed by atoms with Gasteiger partial charge in [0.2, 0.25) is 0 Å². The van der Waals surface area contributed by atoms with Gasteiger partial charge in [-0.2, -0.15) is 0 Å². The fourth-order valence-electron chi connectivity index (χ4n) is 11.6. The number of benzene rings is 9. The van der Waals surface area contributed by atoms with E-state index in [1.807, 2.05) is 12.1 Å². The maximum atomic E-state index is 6.43. The first kappa shape index (κ1) is 48.2. The molecule has 75 heavy (non-hydrogen) atoms. The minimum atomic E-state index is -0.0638. The van der Waals surface area contributed by atoms with Crippen LogP contribution in [0, 0.1) is 0 Å². The molecular weight excluding hydrogens is 910 g/mol. The highest BCUT2D eigenvalue weighted by atomic mass is 16.3. The predicted octanol–water partition coefficient (Wildman–Crippen LogP) is 18.0. The van der Waals surface area contributed by atoms with E-state index in [-0.39, 0.29) is 28.4 Å². The summed E-state index contributed by atoms with van der Waals surface area (Å²) >= 11 is 0. The molecule has 0 aliphatic carbocycles. The normalized spacial score (nSPS) is 13.5. The first-order valence-corrected chi connectivity index (χ1v) is 26.9. The Kier molecular flexibility index (Phi) is 11.2. The Hall–Kier alpha value is -7.76. The van der Waals surface area contributed by atoms with Gasteiger partial charge in [-0.15, -0.1) is 0 Å². The number of fused-ring (bicyclic) bond motifs is 6. The van der Waals surface area contributed by atoms with Gasteiger partial charge >= 0.3 is 0 Å². The zero-order valence-corrected chi connectivity index (χ0v) is 45.8. The molecule has 2 aliphatic heterocycles. The SMILES string of the molecule is CC(C)(C)c1ccc(N2c3ccc(C(C)(C)C)cc3B3c4cc(C(C)(C)C)ccc4N(c4ccc(C(C)(C)C)cc4)c4cc(N(c5ccc(-c6cc7ccccc7o6)cc5)c5cccc6ccccc56)cc2c43)cc1. The topological polar surface area (TPSA) is 22.9 Å². The Morgan fingerprint density at radius 3 is 1.36 bits per heavy atom. The van der Waals surface area contributed by atoms with Crippen LogP contribution in [0.3, 0.4) is 0 Å². The number of nitrogens with zero attached hydrogens (tertiary/aromatic N) is 3. The number of furan rings is 1. The second kappa shape index (κ2) is 17.4. The van der Waals surface area contributed by atoms with Gasteiger partial charge in [0.1, 0.15) is 11.3 Å². The summed E-state index contributed by atoms with van der Waals surface area (Å²) in [5.41, 5.74) is 21.2. The zero-order valence-electron chi connectivity index (χ0n) is 45.8. The number of para-hydroxylation sites is 1. The average Bonchev–Trinajstić information content (AvgIpc) is 3.88. The van der Waals surface area contributed by atoms with E-state index >= 15 is 0 Å². The van der Waals surface area contributed by atoms with Crippen LogP contribution < -0.4 is 31.1 Å². The van der Waals surface area contributed by atoms with Gasteiger partial charge in [0.15, 0.2) is 0 Å². The molecule has 4 nitrogen and oxygen atoms in total. The highest BCUT2D eigenvalue weighted by molar-refractivity contribution is 7.00. The largest absolute Gasteiger partial charge is 0.456 e. The lowest BCUT2D eigenvalue weighted by Gasteiger charge is -2.45. The molecule has 0 atom stereocenters. The molecule has 9 aromatic carbocycles. The van der Waals surface area contributed by atoms with Crippen molar-refractivity contribution in [1.82, 2.24) is 0 Å². The first-order valence-electron chi connectivity index (χ1n) is 26.9. The molecule has 0 radical (unpaired) electrons. The minimum Gasteiger partial charge on any atom is -0.456 e. The highest BCUT2D eigenvalue weighted by Gasteiger charge is 2.45. The number of rotatable bonds is 6. The van der Waals surface area contributed by atoms with Crippen molar-refractivity contribution in [2.45, 2.75) is 105 Å². The molecule has 5 heteroatoms. The third-order valence-corrected chi connectivity index (χ3v) is 15.9. The van der Waals surface area contributed by atoms with E-state index < -0.39 is 0 Å². The van der Waals surface area contributed by atoms with E-state index in [9.17, 15) is 0 Å². The molecule has 0 saturated carbocycles. The molecule has 0 saturated heterocycles. The van der Waals surface area contributed by atoms with E-state index in [0.29, 0.717) is 0 Å². The van der Waals surface area contributed by atoms with Gasteiger partial charge in [-0.3, -0.25) is 0 Å². The molecular formula is C70H68BN3O. The summed E-state index contributed by atoms with van der Waals surface area (Å²) in [6, 6.07) is 73.1. The first-order chi connectivity index (χ1) is 35.7. The minimum absolute atomic E-state index is 0.000546. The van der Waals surface area contributed by atoms with E-state index in [1.54, 1.807) is 0 Å². The molecule has 12 rings (SSSR count). The lowest BCUT2D eigenvalue weighted by Crippen LogP contribution is -2.61. The van der Waals surface area contributed by atoms with Crippen molar-refractivity contribution in [2.75, 3.05) is 14.7 Å². The third kappa shape index (κ3) is 8.42. The summed E-state index contributed by atoms with van der Waals surface area (Å²) in [4.78, 5) is 7.62. The van der Waals surface area contributed by atoms with Crippen LogP contribution in [0.15, 0.2) is 199 Å². The average molecular weight is 978 g/mol. The van der Waals surface area contributed by atoms with Crippen molar-refractivity contribution >= 4 is 96.0 Å². The predicted molar refractivity (Wildman–Crippen MR) is 323 cm³/mol. The number of hydrogen-bond donors (Lipinski definition) is 0. The van der Waals surface area contributed by atoms with Gasteiger partial charge in [-0.1, -0.05) is 186 Å². The summed E-state index contributed by atoms with van der Waals surface area (Å²) in [6.45, 7) is 27.8. The lowest BCUT2D eigenvalue weighted by molar-refractivity contribution is 0.590. The quantitative estimate of drug-likeness (QED) is 0.155. The molecule has 0 amide bonds. The second-order valence-electron chi connectivity index (χ2n) is 25.2. The molecule has 2 aliphatic rings. The van der Waals surface area contributed by atoms with Crippen LogP contribution in [-0.4, -0.2) is 6.71 Å². The van der Waals surface area contributed by atoms with Gasteiger partial charge in [-0.05, 0) is 157 Å². The highest BCUT2D eigenvalue weighted by Crippen LogP contribution is 2.50. The maximum Gasteiger partial charge on any atom is 0.252 e. The zero-order chi connectivity index (χ0) is 52.3. The Morgan fingerprint density at radius 1 is 0.387 bits per heavy atom. The van der Waals surface area contributed by atoms with E-state index in [2.05, 4.69) is 280 Å². The molecule has 0 N–H and O–H groups in total. The van der Waals surface area contributed by atoms with Crippen LogP contribution >= 0.6 is 0 Å². The van der Waals surface area contributed by atoms with Crippen molar-refractivity contribution in [1.29, 1.82) is 0 Å². The summed E-state index contributed by atoms with van der Waals surface area (Å²) in [5.74, 6) is 0.853. The molecule has 0 unspecified atom stereocenters. The van der Waals surface area contributed by atoms with Crippen molar-refractivity contribution in [2.24, 2.45) is 0 Å². The van der Waals surface area contributed by atoms with E-state index in [0.717, 1.165) is 50.7 Å². The Morgan fingerprint density at radius 2 is 0.853 bits per heavy atom. The fourth-order valence-corrected chi connectivity index (χ4v) is 11.6. The molecule has 0 spiro atoms. The van der Waals surface area contributed by atoms with Gasteiger partial charge in [-0.25, -0.2) is 0 Å². The van der Waals surface area contributed by atoms with Gasteiger partial charge in [0.25, 0.3) is 6.71 Å². The fraction of sp³-hybridized carbons (Fsp3) is 0.229. The standard InChI is InChI=1S/C70H68BN3O/c1-67(2,3)48-26-34-53(35-27-48)73-60-38-30-50(69(7,8)9)41-57(60)71-58-42-51(70(10,11)12)31-39-61(58)74(54-36-28-49(29-37-54)68(4,5)6)63-44-55(43-62(73)66(63)71)72(59-22-17-20-45-18-13-15-21-56(45)59)52-32-24-46(25-33-52)65-40-47-19-14-16-23-64(47)75-65/h13-44H,1-12H3. The molecule has 3 heterocycles. The van der Waals surface area contributed by atoms with E-state index in [4.69, 9.17) is 4.42 Å².